The maximum atomic E-state index is 12.7. The van der Waals surface area contributed by atoms with Crippen LogP contribution in [0, 0.1) is 13.8 Å². The number of aryl methyl sites for hydroxylation is 2. The molecule has 2 N–H and O–H groups in total. The molecule has 0 saturated carbocycles. The topological polar surface area (TPSA) is 72.5 Å². The summed E-state index contributed by atoms with van der Waals surface area (Å²) < 4.78 is 10.6. The average Bonchev–Trinajstić information content (AvgIpc) is 2.70. The fourth-order valence-corrected chi connectivity index (χ4v) is 2.90. The summed E-state index contributed by atoms with van der Waals surface area (Å²) in [5.74, 6) is 0.955. The molecule has 0 atom stereocenters. The van der Waals surface area contributed by atoms with Crippen LogP contribution in [0.25, 0.3) is 0 Å². The molecule has 144 valence electrons. The Kier molecular flexibility index (Phi) is 5.79. The molecule has 0 saturated heterocycles. The van der Waals surface area contributed by atoms with Gasteiger partial charge in [-0.1, -0.05) is 23.8 Å². The quantitative estimate of drug-likeness (QED) is 0.651. The maximum Gasteiger partial charge on any atom is 0.264 e. The van der Waals surface area contributed by atoms with E-state index in [2.05, 4.69) is 41.6 Å². The first-order chi connectivity index (χ1) is 13.5. The van der Waals surface area contributed by atoms with E-state index in [1.807, 2.05) is 12.1 Å². The fourth-order valence-electron chi connectivity index (χ4n) is 2.90. The highest BCUT2D eigenvalue weighted by Crippen LogP contribution is 2.29. The van der Waals surface area contributed by atoms with Crippen molar-refractivity contribution in [2.45, 2.75) is 13.8 Å². The van der Waals surface area contributed by atoms with Crippen LogP contribution >= 0.6 is 0 Å². The van der Waals surface area contributed by atoms with Crippen molar-refractivity contribution in [3.63, 3.8) is 0 Å². The van der Waals surface area contributed by atoms with Crippen molar-refractivity contribution in [1.82, 2.24) is 4.98 Å². The molecular formula is C22H23N3O3. The highest BCUT2D eigenvalue weighted by Gasteiger charge is 2.18. The van der Waals surface area contributed by atoms with E-state index in [9.17, 15) is 4.79 Å². The van der Waals surface area contributed by atoms with E-state index in [1.54, 1.807) is 30.5 Å². The van der Waals surface area contributed by atoms with Crippen LogP contribution in [0.15, 0.2) is 54.7 Å². The molecule has 0 aliphatic carbocycles. The van der Waals surface area contributed by atoms with Crippen LogP contribution in [0.4, 0.5) is 17.2 Å². The molecule has 6 nitrogen and oxygen atoms in total. The number of amides is 1. The molecule has 1 aromatic heterocycles. The van der Waals surface area contributed by atoms with Gasteiger partial charge in [-0.2, -0.15) is 0 Å². The minimum atomic E-state index is -0.350. The predicted molar refractivity (Wildman–Crippen MR) is 111 cm³/mol. The first kappa shape index (κ1) is 19.2. The lowest BCUT2D eigenvalue weighted by molar-refractivity contribution is 0.102. The molecule has 0 aliphatic rings. The molecule has 28 heavy (non-hydrogen) atoms. The van der Waals surface area contributed by atoms with Crippen LogP contribution in [-0.4, -0.2) is 25.1 Å². The molecule has 3 rings (SSSR count). The lowest BCUT2D eigenvalue weighted by Gasteiger charge is -2.13. The Balaban J connectivity index is 1.75. The summed E-state index contributed by atoms with van der Waals surface area (Å²) >= 11 is 0. The van der Waals surface area contributed by atoms with Gasteiger partial charge in [-0.05, 0) is 49.7 Å². The number of carbonyl (C=O) groups is 1. The number of anilines is 3. The SMILES string of the molecule is COc1cccc(OC)c1C(=O)Nc1ccc(Nc2ccc(C)cc2C)cn1. The van der Waals surface area contributed by atoms with E-state index in [0.29, 0.717) is 22.9 Å². The van der Waals surface area contributed by atoms with Crippen molar-refractivity contribution in [2.75, 3.05) is 24.9 Å². The van der Waals surface area contributed by atoms with Crippen molar-refractivity contribution in [1.29, 1.82) is 0 Å². The van der Waals surface area contributed by atoms with Crippen molar-refractivity contribution in [3.8, 4) is 11.5 Å². The van der Waals surface area contributed by atoms with Gasteiger partial charge in [0.05, 0.1) is 26.1 Å². The standard InChI is InChI=1S/C22H23N3O3/c1-14-8-10-17(15(2)12-14)24-16-9-11-20(23-13-16)25-22(26)21-18(27-3)6-5-7-19(21)28-4/h5-13,24H,1-4H3,(H,23,25,26). The summed E-state index contributed by atoms with van der Waals surface area (Å²) in [6.07, 6.45) is 1.67. The molecule has 6 heteroatoms. The molecule has 0 radical (unpaired) electrons. The summed E-state index contributed by atoms with van der Waals surface area (Å²) in [6.45, 7) is 4.12. The zero-order chi connectivity index (χ0) is 20.1. The second-order valence-corrected chi connectivity index (χ2v) is 6.37. The fraction of sp³-hybridized carbons (Fsp3) is 0.182. The van der Waals surface area contributed by atoms with Crippen LogP contribution in [0.5, 0.6) is 11.5 Å². The summed E-state index contributed by atoms with van der Waals surface area (Å²) in [6, 6.07) is 15.0. The van der Waals surface area contributed by atoms with E-state index >= 15 is 0 Å². The number of methoxy groups -OCH3 is 2. The van der Waals surface area contributed by atoms with Crippen molar-refractivity contribution < 1.29 is 14.3 Å². The second-order valence-electron chi connectivity index (χ2n) is 6.37. The number of carbonyl (C=O) groups excluding carboxylic acids is 1. The highest BCUT2D eigenvalue weighted by molar-refractivity contribution is 6.07. The number of pyridine rings is 1. The molecule has 0 fully saturated rings. The van der Waals surface area contributed by atoms with Gasteiger partial charge >= 0.3 is 0 Å². The second kappa shape index (κ2) is 8.43. The van der Waals surface area contributed by atoms with Crippen molar-refractivity contribution in [2.24, 2.45) is 0 Å². The van der Waals surface area contributed by atoms with Gasteiger partial charge in [0, 0.05) is 5.69 Å². The number of ether oxygens (including phenoxy) is 2. The van der Waals surface area contributed by atoms with Gasteiger partial charge in [0.2, 0.25) is 0 Å². The van der Waals surface area contributed by atoms with Crippen LogP contribution in [0.1, 0.15) is 21.5 Å². The third-order valence-corrected chi connectivity index (χ3v) is 4.32. The smallest absolute Gasteiger partial charge is 0.264 e. The van der Waals surface area contributed by atoms with Crippen molar-refractivity contribution >= 4 is 23.1 Å². The van der Waals surface area contributed by atoms with Gasteiger partial charge in [-0.15, -0.1) is 0 Å². The van der Waals surface area contributed by atoms with Crippen LogP contribution in [0.3, 0.4) is 0 Å². The summed E-state index contributed by atoms with van der Waals surface area (Å²) in [4.78, 5) is 17.0. The first-order valence-corrected chi connectivity index (χ1v) is 8.84. The van der Waals surface area contributed by atoms with E-state index in [0.717, 1.165) is 16.9 Å². The highest BCUT2D eigenvalue weighted by atomic mass is 16.5. The van der Waals surface area contributed by atoms with Gasteiger partial charge in [0.15, 0.2) is 0 Å². The molecule has 3 aromatic rings. The number of rotatable bonds is 6. The minimum Gasteiger partial charge on any atom is -0.496 e. The third-order valence-electron chi connectivity index (χ3n) is 4.32. The van der Waals surface area contributed by atoms with Crippen LogP contribution in [0.2, 0.25) is 0 Å². The number of hydrogen-bond donors (Lipinski definition) is 2. The number of aromatic nitrogens is 1. The molecule has 1 amide bonds. The Bertz CT molecular complexity index is 963. The molecule has 1 heterocycles. The van der Waals surface area contributed by atoms with Gasteiger partial charge in [0.1, 0.15) is 22.9 Å². The van der Waals surface area contributed by atoms with Gasteiger partial charge < -0.3 is 20.1 Å². The monoisotopic (exact) mass is 377 g/mol. The molecule has 0 aliphatic heterocycles. The normalized spacial score (nSPS) is 10.3. The minimum absolute atomic E-state index is 0.326. The Morgan fingerprint density at radius 2 is 1.68 bits per heavy atom. The van der Waals surface area contributed by atoms with E-state index in [4.69, 9.17) is 9.47 Å². The molecular weight excluding hydrogens is 354 g/mol. The van der Waals surface area contributed by atoms with Gasteiger partial charge in [-0.25, -0.2) is 4.98 Å². The Morgan fingerprint density at radius 1 is 0.964 bits per heavy atom. The van der Waals surface area contributed by atoms with E-state index in [1.165, 1.54) is 19.8 Å². The zero-order valence-electron chi connectivity index (χ0n) is 16.4. The maximum absolute atomic E-state index is 12.7. The summed E-state index contributed by atoms with van der Waals surface area (Å²) in [7, 11) is 3.02. The summed E-state index contributed by atoms with van der Waals surface area (Å²) in [5.41, 5.74) is 4.54. The summed E-state index contributed by atoms with van der Waals surface area (Å²) in [5, 5.41) is 6.11. The van der Waals surface area contributed by atoms with Crippen molar-refractivity contribution in [3.05, 3.63) is 71.4 Å². The molecule has 0 unspecified atom stereocenters. The van der Waals surface area contributed by atoms with Gasteiger partial charge in [-0.3, -0.25) is 4.79 Å². The number of nitrogens with zero attached hydrogens (tertiary/aromatic N) is 1. The lowest BCUT2D eigenvalue weighted by Crippen LogP contribution is -2.15. The van der Waals surface area contributed by atoms with Crippen LogP contribution in [-0.2, 0) is 0 Å². The Hall–Kier alpha value is -3.54. The lowest BCUT2D eigenvalue weighted by atomic mass is 10.1. The van der Waals surface area contributed by atoms with Gasteiger partial charge in [0.25, 0.3) is 5.91 Å². The Morgan fingerprint density at radius 3 is 2.25 bits per heavy atom. The number of benzene rings is 2. The van der Waals surface area contributed by atoms with E-state index < -0.39 is 0 Å². The first-order valence-electron chi connectivity index (χ1n) is 8.84. The average molecular weight is 377 g/mol. The largest absolute Gasteiger partial charge is 0.496 e. The number of nitrogens with one attached hydrogen (secondary N) is 2. The molecule has 0 bridgehead atoms. The number of hydrogen-bond acceptors (Lipinski definition) is 5. The third kappa shape index (κ3) is 4.23. The van der Waals surface area contributed by atoms with E-state index in [-0.39, 0.29) is 5.91 Å². The molecule has 2 aromatic carbocycles. The Labute approximate surface area is 164 Å². The predicted octanol–water partition coefficient (Wildman–Crippen LogP) is 4.71. The molecule has 0 spiro atoms. The zero-order valence-corrected chi connectivity index (χ0v) is 16.4. The van der Waals surface area contributed by atoms with Crippen LogP contribution < -0.4 is 20.1 Å².